The van der Waals surface area contributed by atoms with Crippen molar-refractivity contribution in [2.75, 3.05) is 27.8 Å². The zero-order valence-corrected chi connectivity index (χ0v) is 9.58. The van der Waals surface area contributed by atoms with Crippen molar-refractivity contribution >= 4 is 0 Å². The Balaban J connectivity index is 3.15. The fourth-order valence-electron chi connectivity index (χ4n) is 1.47. The molecule has 0 aliphatic rings. The molecule has 0 radical (unpaired) electrons. The van der Waals surface area contributed by atoms with E-state index in [4.69, 9.17) is 9.47 Å². The number of aliphatic hydroxyl groups excluding tert-OH is 1. The van der Waals surface area contributed by atoms with E-state index in [1.54, 1.807) is 7.05 Å². The summed E-state index contributed by atoms with van der Waals surface area (Å²) in [4.78, 5) is 0. The first-order chi connectivity index (χ1) is 7.63. The molecule has 1 rings (SSSR count). The van der Waals surface area contributed by atoms with Gasteiger partial charge in [-0.05, 0) is 7.05 Å². The lowest BCUT2D eigenvalue weighted by Gasteiger charge is -2.16. The van der Waals surface area contributed by atoms with E-state index in [1.807, 2.05) is 0 Å². The molecule has 1 atom stereocenters. The SMILES string of the molecule is CNCC(O)c1c(F)cc(OC)cc1OC. The van der Waals surface area contributed by atoms with Crippen LogP contribution in [0.3, 0.4) is 0 Å². The first-order valence-electron chi connectivity index (χ1n) is 4.88. The van der Waals surface area contributed by atoms with Gasteiger partial charge in [0.2, 0.25) is 0 Å². The molecule has 0 bridgehead atoms. The monoisotopic (exact) mass is 229 g/mol. The summed E-state index contributed by atoms with van der Waals surface area (Å²) in [6.07, 6.45) is -0.953. The standard InChI is InChI=1S/C11H16FNO3/c1-13-6-9(14)11-8(12)4-7(15-2)5-10(11)16-3/h4-5,9,13-14H,6H2,1-3H3. The van der Waals surface area contributed by atoms with Crippen LogP contribution in [0.25, 0.3) is 0 Å². The summed E-state index contributed by atoms with van der Waals surface area (Å²) in [7, 11) is 4.54. The molecule has 16 heavy (non-hydrogen) atoms. The van der Waals surface area contributed by atoms with Gasteiger partial charge in [0.1, 0.15) is 17.3 Å². The van der Waals surface area contributed by atoms with Gasteiger partial charge < -0.3 is 19.9 Å². The number of hydrogen-bond donors (Lipinski definition) is 2. The van der Waals surface area contributed by atoms with Gasteiger partial charge in [-0.1, -0.05) is 0 Å². The Morgan fingerprint density at radius 3 is 2.56 bits per heavy atom. The molecule has 0 saturated carbocycles. The van der Waals surface area contributed by atoms with E-state index < -0.39 is 11.9 Å². The van der Waals surface area contributed by atoms with Gasteiger partial charge in [-0.25, -0.2) is 4.39 Å². The predicted molar refractivity (Wildman–Crippen MR) is 58.4 cm³/mol. The van der Waals surface area contributed by atoms with Gasteiger partial charge in [0.05, 0.1) is 25.9 Å². The van der Waals surface area contributed by atoms with Crippen molar-refractivity contribution < 1.29 is 19.0 Å². The van der Waals surface area contributed by atoms with Crippen molar-refractivity contribution in [2.24, 2.45) is 0 Å². The van der Waals surface area contributed by atoms with Gasteiger partial charge in [0.25, 0.3) is 0 Å². The van der Waals surface area contributed by atoms with Crippen LogP contribution in [-0.2, 0) is 0 Å². The maximum atomic E-state index is 13.7. The summed E-state index contributed by atoms with van der Waals surface area (Å²) in [6.45, 7) is 0.250. The maximum Gasteiger partial charge on any atom is 0.136 e. The Morgan fingerprint density at radius 2 is 2.06 bits per heavy atom. The van der Waals surface area contributed by atoms with E-state index in [2.05, 4.69) is 5.32 Å². The molecule has 1 aromatic carbocycles. The van der Waals surface area contributed by atoms with Crippen molar-refractivity contribution in [3.63, 3.8) is 0 Å². The summed E-state index contributed by atoms with van der Waals surface area (Å²) in [6, 6.07) is 2.76. The van der Waals surface area contributed by atoms with Crippen LogP contribution in [0.2, 0.25) is 0 Å². The normalized spacial score (nSPS) is 12.3. The second-order valence-electron chi connectivity index (χ2n) is 3.30. The second kappa shape index (κ2) is 5.67. The molecule has 0 aromatic heterocycles. The molecule has 0 aliphatic carbocycles. The molecule has 1 unspecified atom stereocenters. The lowest BCUT2D eigenvalue weighted by molar-refractivity contribution is 0.168. The number of halogens is 1. The largest absolute Gasteiger partial charge is 0.497 e. The van der Waals surface area contributed by atoms with E-state index in [-0.39, 0.29) is 17.9 Å². The van der Waals surface area contributed by atoms with Crippen molar-refractivity contribution in [3.05, 3.63) is 23.5 Å². The zero-order valence-electron chi connectivity index (χ0n) is 9.58. The van der Waals surface area contributed by atoms with Crippen LogP contribution >= 0.6 is 0 Å². The van der Waals surface area contributed by atoms with E-state index in [0.29, 0.717) is 5.75 Å². The Kier molecular flexibility index (Phi) is 4.52. The molecule has 0 aliphatic heterocycles. The average molecular weight is 229 g/mol. The highest BCUT2D eigenvalue weighted by Crippen LogP contribution is 2.32. The minimum Gasteiger partial charge on any atom is -0.497 e. The number of nitrogens with one attached hydrogen (secondary N) is 1. The highest BCUT2D eigenvalue weighted by Gasteiger charge is 2.19. The fourth-order valence-corrected chi connectivity index (χ4v) is 1.47. The molecule has 1 aromatic rings. The molecule has 0 saturated heterocycles. The smallest absolute Gasteiger partial charge is 0.136 e. The number of hydrogen-bond acceptors (Lipinski definition) is 4. The van der Waals surface area contributed by atoms with E-state index in [0.717, 1.165) is 0 Å². The number of likely N-dealkylation sites (N-methyl/N-ethyl adjacent to an activating group) is 1. The molecular formula is C11H16FNO3. The third kappa shape index (κ3) is 2.62. The third-order valence-electron chi connectivity index (χ3n) is 2.25. The molecular weight excluding hydrogens is 213 g/mol. The molecule has 0 heterocycles. The molecule has 5 heteroatoms. The van der Waals surface area contributed by atoms with Crippen LogP contribution in [0.4, 0.5) is 4.39 Å². The number of methoxy groups -OCH3 is 2. The lowest BCUT2D eigenvalue weighted by Crippen LogP contribution is -2.18. The van der Waals surface area contributed by atoms with Gasteiger partial charge in [-0.15, -0.1) is 0 Å². The van der Waals surface area contributed by atoms with E-state index >= 15 is 0 Å². The first-order valence-corrected chi connectivity index (χ1v) is 4.88. The number of ether oxygens (including phenoxy) is 2. The van der Waals surface area contributed by atoms with Crippen molar-refractivity contribution in [1.82, 2.24) is 5.32 Å². The average Bonchev–Trinajstić information content (AvgIpc) is 2.27. The maximum absolute atomic E-state index is 13.7. The summed E-state index contributed by atoms with van der Waals surface area (Å²) in [5.41, 5.74) is 0.137. The molecule has 2 N–H and O–H groups in total. The summed E-state index contributed by atoms with van der Waals surface area (Å²) in [5, 5.41) is 12.5. The number of aliphatic hydroxyl groups is 1. The molecule has 0 amide bonds. The Bertz CT molecular complexity index is 357. The van der Waals surface area contributed by atoms with Gasteiger partial charge in [0.15, 0.2) is 0 Å². The first kappa shape index (κ1) is 12.7. The fraction of sp³-hybridized carbons (Fsp3) is 0.455. The Hall–Kier alpha value is -1.33. The van der Waals surface area contributed by atoms with Crippen LogP contribution in [0.1, 0.15) is 11.7 Å². The number of rotatable bonds is 5. The molecule has 4 nitrogen and oxygen atoms in total. The van der Waals surface area contributed by atoms with Crippen LogP contribution in [0.15, 0.2) is 12.1 Å². The minimum atomic E-state index is -0.953. The van der Waals surface area contributed by atoms with Crippen molar-refractivity contribution in [1.29, 1.82) is 0 Å². The quantitative estimate of drug-likeness (QED) is 0.793. The Morgan fingerprint density at radius 1 is 1.38 bits per heavy atom. The van der Waals surface area contributed by atoms with Gasteiger partial charge in [-0.3, -0.25) is 0 Å². The van der Waals surface area contributed by atoms with E-state index in [9.17, 15) is 9.50 Å². The van der Waals surface area contributed by atoms with Gasteiger partial charge >= 0.3 is 0 Å². The summed E-state index contributed by atoms with van der Waals surface area (Å²) >= 11 is 0. The topological polar surface area (TPSA) is 50.7 Å². The van der Waals surface area contributed by atoms with E-state index in [1.165, 1.54) is 26.4 Å². The summed E-state index contributed by atoms with van der Waals surface area (Å²) < 4.78 is 23.7. The number of benzene rings is 1. The van der Waals surface area contributed by atoms with Crippen molar-refractivity contribution in [2.45, 2.75) is 6.10 Å². The molecule has 90 valence electrons. The van der Waals surface area contributed by atoms with Crippen molar-refractivity contribution in [3.8, 4) is 11.5 Å². The van der Waals surface area contributed by atoms with Crippen LogP contribution < -0.4 is 14.8 Å². The van der Waals surface area contributed by atoms with Crippen LogP contribution in [0.5, 0.6) is 11.5 Å². The highest BCUT2D eigenvalue weighted by atomic mass is 19.1. The van der Waals surface area contributed by atoms with Crippen LogP contribution in [-0.4, -0.2) is 32.9 Å². The third-order valence-corrected chi connectivity index (χ3v) is 2.25. The minimum absolute atomic E-state index is 0.137. The highest BCUT2D eigenvalue weighted by molar-refractivity contribution is 5.43. The summed E-state index contributed by atoms with van der Waals surface area (Å²) in [5.74, 6) is 0.0910. The van der Waals surface area contributed by atoms with Gasteiger partial charge in [-0.2, -0.15) is 0 Å². The molecule has 0 spiro atoms. The van der Waals surface area contributed by atoms with Crippen LogP contribution in [0, 0.1) is 5.82 Å². The second-order valence-corrected chi connectivity index (χ2v) is 3.30. The molecule has 0 fully saturated rings. The Labute approximate surface area is 94.0 Å². The lowest BCUT2D eigenvalue weighted by atomic mass is 10.1. The zero-order chi connectivity index (χ0) is 12.1. The van der Waals surface area contributed by atoms with Gasteiger partial charge in [0, 0.05) is 18.7 Å². The predicted octanol–water partition coefficient (Wildman–Crippen LogP) is 1.10.